The van der Waals surface area contributed by atoms with Gasteiger partial charge in [0.25, 0.3) is 5.65 Å². The molecule has 2 atom stereocenters. The number of aromatic nitrogens is 3. The molecule has 6 rings (SSSR count). The van der Waals surface area contributed by atoms with E-state index in [4.69, 9.17) is 4.98 Å². The van der Waals surface area contributed by atoms with Crippen LogP contribution in [0, 0.1) is 0 Å². The van der Waals surface area contributed by atoms with Crippen molar-refractivity contribution in [3.8, 4) is 11.3 Å². The molecule has 0 fully saturated rings. The summed E-state index contributed by atoms with van der Waals surface area (Å²) in [6.45, 7) is 27.9. The summed E-state index contributed by atoms with van der Waals surface area (Å²) < 4.78 is 5.05. The topological polar surface area (TPSA) is 21.2 Å². The van der Waals surface area contributed by atoms with Crippen LogP contribution >= 0.6 is 0 Å². The van der Waals surface area contributed by atoms with Crippen LogP contribution in [-0.2, 0) is 16.4 Å². The van der Waals surface area contributed by atoms with Crippen molar-refractivity contribution in [1.82, 2.24) is 9.38 Å². The Kier molecular flexibility index (Phi) is 6.50. The van der Waals surface area contributed by atoms with Crippen LogP contribution in [0.5, 0.6) is 0 Å². The predicted molar refractivity (Wildman–Crippen MR) is 179 cm³/mol. The molecule has 0 spiro atoms. The van der Waals surface area contributed by atoms with E-state index in [2.05, 4.69) is 146 Å². The lowest BCUT2D eigenvalue weighted by Crippen LogP contribution is -2.66. The Morgan fingerprint density at radius 3 is 2.17 bits per heavy atom. The SMILES string of the molecule is C=CC1(CC)[n+]2c3c4c(cc(C(C)(C)C)cc4nc(-c4c(C(C)C)cccc4C(C)C)c3n3ccccc32)C1(C)CC. The van der Waals surface area contributed by atoms with Crippen LogP contribution in [0.4, 0.5) is 0 Å². The normalized spacial score (nSPS) is 20.6. The van der Waals surface area contributed by atoms with E-state index in [1.807, 2.05) is 0 Å². The number of hydrogen-bond acceptors (Lipinski definition) is 1. The number of imidazole rings is 1. The third-order valence-corrected chi connectivity index (χ3v) is 10.6. The summed E-state index contributed by atoms with van der Waals surface area (Å²) >= 11 is 0. The molecule has 0 N–H and O–H groups in total. The first kappa shape index (κ1) is 28.6. The Bertz CT molecular complexity index is 1850. The summed E-state index contributed by atoms with van der Waals surface area (Å²) in [5.41, 5.74) is 12.2. The molecule has 2 aromatic carbocycles. The molecule has 3 nitrogen and oxygen atoms in total. The zero-order valence-electron chi connectivity index (χ0n) is 27.4. The van der Waals surface area contributed by atoms with E-state index in [0.717, 1.165) is 24.1 Å². The Balaban J connectivity index is 1.99. The van der Waals surface area contributed by atoms with E-state index in [1.165, 1.54) is 49.9 Å². The third kappa shape index (κ3) is 3.58. The molecule has 1 aliphatic heterocycles. The molecule has 1 aliphatic rings. The summed E-state index contributed by atoms with van der Waals surface area (Å²) in [5, 5.41) is 1.30. The molecule has 5 aromatic rings. The van der Waals surface area contributed by atoms with Gasteiger partial charge >= 0.3 is 0 Å². The molecule has 2 unspecified atom stereocenters. The first-order valence-corrected chi connectivity index (χ1v) is 16.0. The monoisotopic (exact) mass is 558 g/mol. The number of hydrogen-bond donors (Lipinski definition) is 0. The van der Waals surface area contributed by atoms with E-state index < -0.39 is 0 Å². The quantitative estimate of drug-likeness (QED) is 0.150. The van der Waals surface area contributed by atoms with Crippen LogP contribution in [0.15, 0.2) is 67.4 Å². The number of benzene rings is 2. The van der Waals surface area contributed by atoms with Crippen molar-refractivity contribution in [2.24, 2.45) is 0 Å². The summed E-state index contributed by atoms with van der Waals surface area (Å²) in [4.78, 5) is 5.73. The van der Waals surface area contributed by atoms with Gasteiger partial charge in [0.1, 0.15) is 11.2 Å². The lowest BCUT2D eigenvalue weighted by molar-refractivity contribution is -0.719. The highest BCUT2D eigenvalue weighted by Crippen LogP contribution is 2.53. The predicted octanol–water partition coefficient (Wildman–Crippen LogP) is 10.1. The van der Waals surface area contributed by atoms with Crippen molar-refractivity contribution >= 4 is 27.6 Å². The molecule has 0 saturated heterocycles. The third-order valence-electron chi connectivity index (χ3n) is 10.6. The number of pyridine rings is 2. The highest BCUT2D eigenvalue weighted by molar-refractivity contribution is 6.10. The Morgan fingerprint density at radius 2 is 1.62 bits per heavy atom. The van der Waals surface area contributed by atoms with Gasteiger partial charge in [0, 0.05) is 17.0 Å². The second kappa shape index (κ2) is 9.53. The minimum Gasteiger partial charge on any atom is -0.243 e. The van der Waals surface area contributed by atoms with Crippen LogP contribution in [0.1, 0.15) is 116 Å². The molecule has 0 saturated carbocycles. The molecular weight excluding hydrogens is 510 g/mol. The summed E-state index contributed by atoms with van der Waals surface area (Å²) in [6, 6.07) is 18.4. The van der Waals surface area contributed by atoms with Crippen molar-refractivity contribution in [3.63, 3.8) is 0 Å². The zero-order chi connectivity index (χ0) is 30.4. The zero-order valence-corrected chi connectivity index (χ0v) is 27.4. The summed E-state index contributed by atoms with van der Waals surface area (Å²) in [7, 11) is 0. The molecule has 3 heteroatoms. The molecule has 42 heavy (non-hydrogen) atoms. The van der Waals surface area contributed by atoms with Crippen LogP contribution in [0.25, 0.3) is 38.8 Å². The fourth-order valence-corrected chi connectivity index (χ4v) is 7.99. The minimum absolute atomic E-state index is 0.00294. The molecular formula is C39H48N3+. The summed E-state index contributed by atoms with van der Waals surface area (Å²) in [6.07, 6.45) is 6.44. The highest BCUT2D eigenvalue weighted by Gasteiger charge is 2.56. The van der Waals surface area contributed by atoms with Crippen molar-refractivity contribution < 1.29 is 4.57 Å². The van der Waals surface area contributed by atoms with Crippen molar-refractivity contribution in [2.75, 3.05) is 0 Å². The van der Waals surface area contributed by atoms with Gasteiger partial charge in [0.05, 0.1) is 17.1 Å². The molecule has 3 aromatic heterocycles. The van der Waals surface area contributed by atoms with Gasteiger partial charge in [-0.2, -0.15) is 4.40 Å². The standard InChI is InChI=1S/C39H48N3/c1-12-38(11)29-22-26(37(8,9)10)23-30-33(29)35-36(41-21-16-15-20-31(41)42(35)39(38,13-2)14-3)34(40-30)32-27(24(4)5)18-17-19-28(32)25(6)7/h13,15-25H,2,12,14H2,1,3-11H3/q+1. The maximum Gasteiger partial charge on any atom is 0.287 e. The molecule has 4 heterocycles. The second-order valence-electron chi connectivity index (χ2n) is 14.4. The van der Waals surface area contributed by atoms with E-state index in [9.17, 15) is 0 Å². The average molecular weight is 559 g/mol. The van der Waals surface area contributed by atoms with Gasteiger partial charge in [0.2, 0.25) is 5.52 Å². The molecule has 0 radical (unpaired) electrons. The van der Waals surface area contributed by atoms with E-state index in [0.29, 0.717) is 11.8 Å². The van der Waals surface area contributed by atoms with E-state index in [1.54, 1.807) is 0 Å². The molecule has 0 bridgehead atoms. The first-order chi connectivity index (χ1) is 19.9. The fourth-order valence-electron chi connectivity index (χ4n) is 7.99. The van der Waals surface area contributed by atoms with Gasteiger partial charge in [-0.3, -0.25) is 0 Å². The number of nitrogens with zero attached hydrogens (tertiary/aromatic N) is 3. The Morgan fingerprint density at radius 1 is 0.952 bits per heavy atom. The van der Waals surface area contributed by atoms with Gasteiger partial charge in [-0.25, -0.2) is 9.55 Å². The molecule has 0 amide bonds. The first-order valence-electron chi connectivity index (χ1n) is 16.0. The second-order valence-corrected chi connectivity index (χ2v) is 14.4. The lowest BCUT2D eigenvalue weighted by Gasteiger charge is -2.47. The van der Waals surface area contributed by atoms with E-state index >= 15 is 0 Å². The van der Waals surface area contributed by atoms with Gasteiger partial charge in [0.15, 0.2) is 5.52 Å². The van der Waals surface area contributed by atoms with Crippen LogP contribution in [-0.4, -0.2) is 9.38 Å². The largest absolute Gasteiger partial charge is 0.287 e. The molecule has 218 valence electrons. The maximum absolute atomic E-state index is 5.73. The average Bonchev–Trinajstić information content (AvgIpc) is 3.31. The Labute approximate surface area is 252 Å². The van der Waals surface area contributed by atoms with Gasteiger partial charge in [-0.1, -0.05) is 106 Å². The maximum atomic E-state index is 5.73. The fraction of sp³-hybridized carbons (Fsp3) is 0.436. The van der Waals surface area contributed by atoms with Crippen molar-refractivity contribution in [1.29, 1.82) is 0 Å². The van der Waals surface area contributed by atoms with E-state index in [-0.39, 0.29) is 16.4 Å². The number of fused-ring (bicyclic) bond motifs is 3. The minimum atomic E-state index is -0.302. The smallest absolute Gasteiger partial charge is 0.243 e. The molecule has 0 aliphatic carbocycles. The highest BCUT2D eigenvalue weighted by atomic mass is 15.2. The van der Waals surface area contributed by atoms with Crippen LogP contribution < -0.4 is 4.57 Å². The lowest BCUT2D eigenvalue weighted by atomic mass is 9.60. The van der Waals surface area contributed by atoms with Gasteiger partial charge < -0.3 is 0 Å². The van der Waals surface area contributed by atoms with Crippen molar-refractivity contribution in [2.45, 2.75) is 110 Å². The van der Waals surface area contributed by atoms with Gasteiger partial charge in [-0.05, 0) is 70.6 Å². The number of rotatable bonds is 6. The Hall–Kier alpha value is -3.46. The van der Waals surface area contributed by atoms with Gasteiger partial charge in [-0.15, -0.1) is 0 Å². The van der Waals surface area contributed by atoms with Crippen LogP contribution in [0.2, 0.25) is 0 Å². The summed E-state index contributed by atoms with van der Waals surface area (Å²) in [5.74, 6) is 0.750. The van der Waals surface area contributed by atoms with Crippen molar-refractivity contribution in [3.05, 3.63) is 89.6 Å². The number of allylic oxidation sites excluding steroid dienone is 1. The van der Waals surface area contributed by atoms with Crippen LogP contribution in [0.3, 0.4) is 0 Å².